The second-order valence-corrected chi connectivity index (χ2v) is 3.21. The molecular formula is C10H11FO. The summed E-state index contributed by atoms with van der Waals surface area (Å²) in [5.41, 5.74) is 1.15. The molecule has 1 aromatic carbocycles. The lowest BCUT2D eigenvalue weighted by atomic mass is 9.98. The summed E-state index contributed by atoms with van der Waals surface area (Å²) in [5.74, 6) is 0.216. The minimum atomic E-state index is -0.178. The third-order valence-electron chi connectivity index (χ3n) is 2.31. The van der Waals surface area contributed by atoms with Gasteiger partial charge in [-0.15, -0.1) is 0 Å². The molecule has 2 heteroatoms. The zero-order valence-electron chi connectivity index (χ0n) is 6.96. The predicted octanol–water partition coefficient (Wildman–Crippen LogP) is 2.33. The van der Waals surface area contributed by atoms with E-state index in [1.165, 1.54) is 12.1 Å². The van der Waals surface area contributed by atoms with E-state index in [2.05, 4.69) is 6.92 Å². The van der Waals surface area contributed by atoms with Gasteiger partial charge in [-0.25, -0.2) is 4.39 Å². The van der Waals surface area contributed by atoms with Crippen molar-refractivity contribution in [2.75, 3.05) is 6.61 Å². The predicted molar refractivity (Wildman–Crippen MR) is 44.6 cm³/mol. The molecule has 1 saturated heterocycles. The molecule has 1 heterocycles. The van der Waals surface area contributed by atoms with E-state index in [1.807, 2.05) is 12.1 Å². The summed E-state index contributed by atoms with van der Waals surface area (Å²) in [5, 5.41) is 0. The Bertz CT molecular complexity index is 264. The number of benzene rings is 1. The number of hydrogen-bond donors (Lipinski definition) is 0. The molecule has 0 bridgehead atoms. The Balaban J connectivity index is 2.16. The fourth-order valence-electron chi connectivity index (χ4n) is 1.33. The summed E-state index contributed by atoms with van der Waals surface area (Å²) in [7, 11) is 0. The molecule has 2 rings (SSSR count). The zero-order valence-corrected chi connectivity index (χ0v) is 6.96. The van der Waals surface area contributed by atoms with Crippen molar-refractivity contribution < 1.29 is 9.13 Å². The third kappa shape index (κ3) is 1.48. The van der Waals surface area contributed by atoms with Crippen molar-refractivity contribution in [1.82, 2.24) is 0 Å². The first-order valence-electron chi connectivity index (χ1n) is 4.14. The Morgan fingerprint density at radius 2 is 2.00 bits per heavy atom. The van der Waals surface area contributed by atoms with E-state index in [9.17, 15) is 4.39 Å². The van der Waals surface area contributed by atoms with Crippen molar-refractivity contribution in [3.8, 4) is 0 Å². The summed E-state index contributed by atoms with van der Waals surface area (Å²) < 4.78 is 17.7. The Hall–Kier alpha value is -0.890. The van der Waals surface area contributed by atoms with Gasteiger partial charge in [-0.2, -0.15) is 0 Å². The fourth-order valence-corrected chi connectivity index (χ4v) is 1.33. The van der Waals surface area contributed by atoms with E-state index in [4.69, 9.17) is 4.74 Å². The maximum atomic E-state index is 12.5. The van der Waals surface area contributed by atoms with Gasteiger partial charge in [-0.3, -0.25) is 0 Å². The minimum absolute atomic E-state index is 0.178. The van der Waals surface area contributed by atoms with Crippen molar-refractivity contribution in [2.45, 2.75) is 18.9 Å². The molecule has 1 aliphatic heterocycles. The van der Waals surface area contributed by atoms with Gasteiger partial charge in [0, 0.05) is 5.92 Å². The summed E-state index contributed by atoms with van der Waals surface area (Å²) in [6, 6.07) is 6.63. The molecule has 0 aromatic heterocycles. The number of ether oxygens (including phenoxy) is 1. The number of epoxide rings is 1. The molecule has 1 aromatic rings. The Labute approximate surface area is 71.2 Å². The smallest absolute Gasteiger partial charge is 0.123 e. The molecule has 0 amide bonds. The van der Waals surface area contributed by atoms with E-state index in [1.54, 1.807) is 0 Å². The van der Waals surface area contributed by atoms with Crippen molar-refractivity contribution in [3.05, 3.63) is 35.6 Å². The molecule has 12 heavy (non-hydrogen) atoms. The second-order valence-electron chi connectivity index (χ2n) is 3.21. The van der Waals surface area contributed by atoms with E-state index < -0.39 is 0 Å². The number of rotatable bonds is 2. The van der Waals surface area contributed by atoms with Gasteiger partial charge in [0.05, 0.1) is 12.7 Å². The van der Waals surface area contributed by atoms with Crippen molar-refractivity contribution in [2.24, 2.45) is 0 Å². The van der Waals surface area contributed by atoms with Crippen LogP contribution in [0.1, 0.15) is 18.4 Å². The molecular weight excluding hydrogens is 155 g/mol. The van der Waals surface area contributed by atoms with Crippen molar-refractivity contribution in [3.63, 3.8) is 0 Å². The second kappa shape index (κ2) is 2.87. The molecule has 1 nitrogen and oxygen atoms in total. The highest BCUT2D eigenvalue weighted by Gasteiger charge is 2.30. The van der Waals surface area contributed by atoms with Gasteiger partial charge >= 0.3 is 0 Å². The summed E-state index contributed by atoms with van der Waals surface area (Å²) in [4.78, 5) is 0. The van der Waals surface area contributed by atoms with Crippen LogP contribution in [0.2, 0.25) is 0 Å². The van der Waals surface area contributed by atoms with Crippen LogP contribution < -0.4 is 0 Å². The minimum Gasteiger partial charge on any atom is -0.372 e. The highest BCUT2D eigenvalue weighted by Crippen LogP contribution is 2.28. The molecule has 0 aliphatic carbocycles. The van der Waals surface area contributed by atoms with Gasteiger partial charge in [-0.05, 0) is 17.7 Å². The molecule has 1 aliphatic rings. The average Bonchev–Trinajstić information content (AvgIpc) is 2.87. The SMILES string of the molecule is CC(c1ccc(F)cc1)[C@H]1CO1. The summed E-state index contributed by atoms with van der Waals surface area (Å²) in [6.45, 7) is 2.95. The van der Waals surface area contributed by atoms with E-state index >= 15 is 0 Å². The van der Waals surface area contributed by atoms with Crippen LogP contribution in [-0.4, -0.2) is 12.7 Å². The molecule has 0 saturated carbocycles. The van der Waals surface area contributed by atoms with Crippen LogP contribution in [0, 0.1) is 5.82 Å². The van der Waals surface area contributed by atoms with Gasteiger partial charge < -0.3 is 4.74 Å². The molecule has 0 N–H and O–H groups in total. The molecule has 0 spiro atoms. The largest absolute Gasteiger partial charge is 0.372 e. The Kier molecular flexibility index (Phi) is 1.85. The Morgan fingerprint density at radius 1 is 1.42 bits per heavy atom. The quantitative estimate of drug-likeness (QED) is 0.614. The lowest BCUT2D eigenvalue weighted by molar-refractivity contribution is 0.382. The Morgan fingerprint density at radius 3 is 2.50 bits per heavy atom. The van der Waals surface area contributed by atoms with E-state index in [-0.39, 0.29) is 5.82 Å². The molecule has 64 valence electrons. The first kappa shape index (κ1) is 7.74. The number of hydrogen-bond acceptors (Lipinski definition) is 1. The number of halogens is 1. The van der Waals surface area contributed by atoms with Gasteiger partial charge in [0.2, 0.25) is 0 Å². The van der Waals surface area contributed by atoms with E-state index in [0.717, 1.165) is 12.2 Å². The normalized spacial score (nSPS) is 23.7. The van der Waals surface area contributed by atoms with Gasteiger partial charge in [-0.1, -0.05) is 19.1 Å². The first-order valence-corrected chi connectivity index (χ1v) is 4.14. The lowest BCUT2D eigenvalue weighted by Crippen LogP contribution is -2.00. The topological polar surface area (TPSA) is 12.5 Å². The third-order valence-corrected chi connectivity index (χ3v) is 2.31. The van der Waals surface area contributed by atoms with Crippen LogP contribution in [0.5, 0.6) is 0 Å². The standard InChI is InChI=1S/C10H11FO/c1-7(10-6-12-10)8-2-4-9(11)5-3-8/h2-5,7,10H,6H2,1H3/t7?,10-/m1/s1. The van der Waals surface area contributed by atoms with Gasteiger partial charge in [0.1, 0.15) is 5.82 Å². The van der Waals surface area contributed by atoms with Crippen LogP contribution in [0.25, 0.3) is 0 Å². The van der Waals surface area contributed by atoms with Gasteiger partial charge in [0.15, 0.2) is 0 Å². The average molecular weight is 166 g/mol. The van der Waals surface area contributed by atoms with Crippen LogP contribution in [-0.2, 0) is 4.74 Å². The monoisotopic (exact) mass is 166 g/mol. The zero-order chi connectivity index (χ0) is 8.55. The highest BCUT2D eigenvalue weighted by atomic mass is 19.1. The lowest BCUT2D eigenvalue weighted by Gasteiger charge is -2.07. The first-order chi connectivity index (χ1) is 5.77. The maximum Gasteiger partial charge on any atom is 0.123 e. The maximum absolute atomic E-state index is 12.5. The molecule has 1 fully saturated rings. The van der Waals surface area contributed by atoms with Gasteiger partial charge in [0.25, 0.3) is 0 Å². The van der Waals surface area contributed by atoms with E-state index in [0.29, 0.717) is 12.0 Å². The van der Waals surface area contributed by atoms with Crippen molar-refractivity contribution >= 4 is 0 Å². The van der Waals surface area contributed by atoms with Crippen LogP contribution in [0.4, 0.5) is 4.39 Å². The molecule has 0 radical (unpaired) electrons. The molecule has 1 unspecified atom stereocenters. The van der Waals surface area contributed by atoms with Crippen LogP contribution in [0.3, 0.4) is 0 Å². The summed E-state index contributed by atoms with van der Waals surface area (Å²) in [6.07, 6.45) is 0.357. The fraction of sp³-hybridized carbons (Fsp3) is 0.400. The molecule has 2 atom stereocenters. The summed E-state index contributed by atoms with van der Waals surface area (Å²) >= 11 is 0. The highest BCUT2D eigenvalue weighted by molar-refractivity contribution is 5.21. The van der Waals surface area contributed by atoms with Crippen LogP contribution >= 0.6 is 0 Å². The van der Waals surface area contributed by atoms with Crippen molar-refractivity contribution in [1.29, 1.82) is 0 Å². The van der Waals surface area contributed by atoms with Crippen LogP contribution in [0.15, 0.2) is 24.3 Å².